The lowest BCUT2D eigenvalue weighted by molar-refractivity contribution is 0.644. The van der Waals surface area contributed by atoms with E-state index < -0.39 is 0 Å². The standard InChI is InChI=1S/C9H9BrO/c1-3-6-4-5(2)8-9(11-8)7(6)10/h4H,3H2,1-2H3. The normalized spacial score (nSPS) is 12.3. The van der Waals surface area contributed by atoms with Crippen molar-refractivity contribution in [1.82, 2.24) is 0 Å². The van der Waals surface area contributed by atoms with Crippen LogP contribution in [0, 0.1) is 6.92 Å². The number of ether oxygens (including phenoxy) is 1. The monoisotopic (exact) mass is 212 g/mol. The molecule has 0 spiro atoms. The maximum absolute atomic E-state index is 5.29. The molecule has 0 radical (unpaired) electrons. The van der Waals surface area contributed by atoms with Crippen LogP contribution in [-0.4, -0.2) is 0 Å². The minimum atomic E-state index is 1.04. The number of aryl methyl sites for hydroxylation is 2. The van der Waals surface area contributed by atoms with Crippen LogP contribution < -0.4 is 4.74 Å². The van der Waals surface area contributed by atoms with Crippen LogP contribution in [0.15, 0.2) is 10.5 Å². The number of hydrogen-bond donors (Lipinski definition) is 0. The molecule has 0 amide bonds. The number of rotatable bonds is 1. The Morgan fingerprint density at radius 2 is 2.18 bits per heavy atom. The lowest BCUT2D eigenvalue weighted by Gasteiger charge is -1.96. The Labute approximate surface area is 74.5 Å². The van der Waals surface area contributed by atoms with Gasteiger partial charge in [0, 0.05) is 0 Å². The molecule has 11 heavy (non-hydrogen) atoms. The van der Waals surface area contributed by atoms with E-state index in [1.807, 2.05) is 0 Å². The summed E-state index contributed by atoms with van der Waals surface area (Å²) in [5, 5.41) is 0. The molecular weight excluding hydrogens is 204 g/mol. The fourth-order valence-electron chi connectivity index (χ4n) is 1.27. The second-order valence-corrected chi connectivity index (χ2v) is 3.57. The van der Waals surface area contributed by atoms with Gasteiger partial charge in [0.1, 0.15) is 0 Å². The minimum Gasteiger partial charge on any atom is -0.448 e. The van der Waals surface area contributed by atoms with Crippen LogP contribution in [0.1, 0.15) is 18.1 Å². The first-order valence-electron chi connectivity index (χ1n) is 3.74. The molecule has 1 heterocycles. The summed E-state index contributed by atoms with van der Waals surface area (Å²) < 4.78 is 6.43. The van der Waals surface area contributed by atoms with E-state index in [1.54, 1.807) is 0 Å². The van der Waals surface area contributed by atoms with E-state index in [1.165, 1.54) is 11.1 Å². The molecule has 0 aliphatic carbocycles. The highest BCUT2D eigenvalue weighted by Gasteiger charge is 2.27. The summed E-state index contributed by atoms with van der Waals surface area (Å²) in [6.07, 6.45) is 1.05. The molecular formula is C9H9BrO. The fraction of sp³-hybridized carbons (Fsp3) is 0.333. The van der Waals surface area contributed by atoms with Crippen LogP contribution in [0.2, 0.25) is 0 Å². The van der Waals surface area contributed by atoms with Crippen molar-refractivity contribution < 1.29 is 4.74 Å². The Morgan fingerprint density at radius 1 is 1.45 bits per heavy atom. The predicted octanol–water partition coefficient (Wildman–Crippen LogP) is 3.43. The van der Waals surface area contributed by atoms with Gasteiger partial charge in [-0.3, -0.25) is 0 Å². The Balaban J connectivity index is 2.60. The number of halogens is 1. The molecule has 1 nitrogen and oxygen atoms in total. The number of fused-ring (bicyclic) bond motifs is 1. The fourth-order valence-corrected chi connectivity index (χ4v) is 1.93. The highest BCUT2D eigenvalue weighted by molar-refractivity contribution is 9.10. The van der Waals surface area contributed by atoms with Crippen molar-refractivity contribution in [2.45, 2.75) is 20.3 Å². The molecule has 0 unspecified atom stereocenters. The zero-order chi connectivity index (χ0) is 8.01. The molecule has 0 aromatic heterocycles. The third kappa shape index (κ3) is 0.968. The summed E-state index contributed by atoms with van der Waals surface area (Å²) >= 11 is 3.50. The Bertz CT molecular complexity index is 318. The van der Waals surface area contributed by atoms with Crippen molar-refractivity contribution >= 4 is 15.9 Å². The lowest BCUT2D eigenvalue weighted by atomic mass is 10.1. The minimum absolute atomic E-state index is 1.04. The second-order valence-electron chi connectivity index (χ2n) is 2.78. The van der Waals surface area contributed by atoms with Gasteiger partial charge in [-0.05, 0) is 40.4 Å². The third-order valence-corrected chi connectivity index (χ3v) is 2.85. The molecule has 1 aromatic carbocycles. The SMILES string of the molecule is CCc1cc(C)c2c(c1Br)O2. The third-order valence-electron chi connectivity index (χ3n) is 1.98. The summed E-state index contributed by atoms with van der Waals surface area (Å²) in [5.41, 5.74) is 2.58. The van der Waals surface area contributed by atoms with Crippen molar-refractivity contribution in [1.29, 1.82) is 0 Å². The Kier molecular flexibility index (Phi) is 1.46. The van der Waals surface area contributed by atoms with Gasteiger partial charge in [0.2, 0.25) is 0 Å². The predicted molar refractivity (Wildman–Crippen MR) is 48.3 cm³/mol. The van der Waals surface area contributed by atoms with Gasteiger partial charge < -0.3 is 4.74 Å². The smallest absolute Gasteiger partial charge is 0.184 e. The van der Waals surface area contributed by atoms with Crippen molar-refractivity contribution in [2.24, 2.45) is 0 Å². The van der Waals surface area contributed by atoms with Gasteiger partial charge in [-0.1, -0.05) is 13.0 Å². The molecule has 0 N–H and O–H groups in total. The van der Waals surface area contributed by atoms with E-state index in [-0.39, 0.29) is 0 Å². The quantitative estimate of drug-likeness (QED) is 0.661. The van der Waals surface area contributed by atoms with Crippen LogP contribution in [0.3, 0.4) is 0 Å². The van der Waals surface area contributed by atoms with Gasteiger partial charge in [-0.15, -0.1) is 0 Å². The molecule has 1 aliphatic rings. The average Bonchev–Trinajstić information content (AvgIpc) is 2.75. The largest absolute Gasteiger partial charge is 0.448 e. The second kappa shape index (κ2) is 2.24. The highest BCUT2D eigenvalue weighted by Crippen LogP contribution is 2.54. The number of hydrogen-bond acceptors (Lipinski definition) is 1. The van der Waals surface area contributed by atoms with Crippen molar-refractivity contribution in [3.8, 4) is 11.5 Å². The zero-order valence-corrected chi connectivity index (χ0v) is 8.16. The van der Waals surface area contributed by atoms with Crippen LogP contribution in [-0.2, 0) is 6.42 Å². The van der Waals surface area contributed by atoms with Crippen molar-refractivity contribution in [2.75, 3.05) is 0 Å². The molecule has 58 valence electrons. The van der Waals surface area contributed by atoms with E-state index in [0.29, 0.717) is 0 Å². The summed E-state index contributed by atoms with van der Waals surface area (Å²) in [7, 11) is 0. The maximum atomic E-state index is 5.29. The highest BCUT2D eigenvalue weighted by atomic mass is 79.9. The molecule has 1 aromatic rings. The number of benzene rings is 1. The molecule has 2 rings (SSSR count). The van der Waals surface area contributed by atoms with Gasteiger partial charge in [-0.2, -0.15) is 0 Å². The molecule has 0 saturated carbocycles. The Hall–Kier alpha value is -0.500. The summed E-state index contributed by atoms with van der Waals surface area (Å²) in [6, 6.07) is 2.18. The van der Waals surface area contributed by atoms with Gasteiger partial charge in [0.25, 0.3) is 0 Å². The van der Waals surface area contributed by atoms with Crippen LogP contribution in [0.4, 0.5) is 0 Å². The first-order valence-corrected chi connectivity index (χ1v) is 4.53. The van der Waals surface area contributed by atoms with E-state index in [4.69, 9.17) is 4.74 Å². The van der Waals surface area contributed by atoms with E-state index in [2.05, 4.69) is 35.8 Å². The maximum Gasteiger partial charge on any atom is 0.184 e. The molecule has 1 aliphatic heterocycles. The molecule has 0 bridgehead atoms. The average molecular weight is 213 g/mol. The van der Waals surface area contributed by atoms with Gasteiger partial charge >= 0.3 is 0 Å². The van der Waals surface area contributed by atoms with Crippen molar-refractivity contribution in [3.05, 3.63) is 21.7 Å². The molecule has 0 atom stereocenters. The van der Waals surface area contributed by atoms with Crippen LogP contribution >= 0.6 is 15.9 Å². The molecule has 2 heteroatoms. The van der Waals surface area contributed by atoms with E-state index in [0.717, 1.165) is 22.4 Å². The summed E-state index contributed by atoms with van der Waals surface area (Å²) in [6.45, 7) is 4.23. The topological polar surface area (TPSA) is 12.5 Å². The molecule has 0 fully saturated rings. The first kappa shape index (κ1) is 7.17. The Morgan fingerprint density at radius 3 is 2.82 bits per heavy atom. The van der Waals surface area contributed by atoms with E-state index in [9.17, 15) is 0 Å². The van der Waals surface area contributed by atoms with Crippen LogP contribution in [0.25, 0.3) is 0 Å². The van der Waals surface area contributed by atoms with Crippen LogP contribution in [0.5, 0.6) is 11.5 Å². The van der Waals surface area contributed by atoms with Crippen molar-refractivity contribution in [3.63, 3.8) is 0 Å². The molecule has 0 saturated heterocycles. The van der Waals surface area contributed by atoms with Gasteiger partial charge in [0.05, 0.1) is 4.47 Å². The zero-order valence-electron chi connectivity index (χ0n) is 6.57. The van der Waals surface area contributed by atoms with E-state index >= 15 is 0 Å². The van der Waals surface area contributed by atoms with Gasteiger partial charge in [-0.25, -0.2) is 0 Å². The lowest BCUT2D eigenvalue weighted by Crippen LogP contribution is -1.79. The first-order chi connectivity index (χ1) is 5.24. The summed E-state index contributed by atoms with van der Waals surface area (Å²) in [5.74, 6) is 2.11. The van der Waals surface area contributed by atoms with Gasteiger partial charge in [0.15, 0.2) is 11.5 Å². The summed E-state index contributed by atoms with van der Waals surface area (Å²) in [4.78, 5) is 0.